The molecule has 1 aliphatic heterocycles. The normalized spacial score (nSPS) is 14.0. The Balaban J connectivity index is 0.000000142. The lowest BCUT2D eigenvalue weighted by Gasteiger charge is -2.29. The highest BCUT2D eigenvalue weighted by molar-refractivity contribution is 6.08. The van der Waals surface area contributed by atoms with Crippen molar-refractivity contribution in [2.45, 2.75) is 40.2 Å². The van der Waals surface area contributed by atoms with Crippen molar-refractivity contribution in [2.75, 3.05) is 4.90 Å². The number of hydrogen-bond donors (Lipinski definition) is 0. The molecule has 0 fully saturated rings. The first-order valence-electron chi connectivity index (χ1n) is 21.3. The van der Waals surface area contributed by atoms with Crippen LogP contribution in [0.1, 0.15) is 48.1 Å². The van der Waals surface area contributed by atoms with Crippen molar-refractivity contribution >= 4 is 49.6 Å². The summed E-state index contributed by atoms with van der Waals surface area (Å²) in [4.78, 5) is 2.52. The number of nitrogens with zero attached hydrogens (tertiary/aromatic N) is 1. The average molecular weight is 788 g/mol. The van der Waals surface area contributed by atoms with Crippen LogP contribution in [-0.4, -0.2) is 6.04 Å². The SMILES string of the molecule is C=C/C(=C\C=C(C)C)c1cccc(-c2ccccc2)c1.Cc1ccc(C2=CCC3C(=C2)c2c(ccc4ccccc24)N3c2ccccc2)cc1.Cc1cccc2ccccc12. The number of hydrogen-bond acceptors (Lipinski definition) is 1. The second-order valence-corrected chi connectivity index (χ2v) is 16.1. The third kappa shape index (κ3) is 9.18. The minimum Gasteiger partial charge on any atom is -0.333 e. The van der Waals surface area contributed by atoms with Crippen LogP contribution < -0.4 is 4.90 Å². The standard InChI is InChI=1S/C29H23N.C20H20.C11H10/c1-20-11-13-21(14-12-20)23-16-17-27-26(19-23)29-25-10-6-5-7-22(25)15-18-28(29)30(27)24-8-3-2-4-9-24;1-4-17(14-13-16(2)3)19-11-8-12-20(15-19)18-9-6-5-7-10-18;1-9-5-4-7-10-6-2-3-8-11(9)10/h2-16,18-19,27H,17H2,1H3;4-15H,1H2,2-3H3;2-8H,1H3/b;17-14+;. The van der Waals surface area contributed by atoms with Crippen LogP contribution in [-0.2, 0) is 0 Å². The molecule has 8 aromatic carbocycles. The largest absolute Gasteiger partial charge is 0.333 e. The van der Waals surface area contributed by atoms with Gasteiger partial charge in [0.25, 0.3) is 0 Å². The number of benzene rings is 8. The molecule has 1 nitrogen and oxygen atoms in total. The highest BCUT2D eigenvalue weighted by Crippen LogP contribution is 2.51. The molecule has 0 bridgehead atoms. The summed E-state index contributed by atoms with van der Waals surface area (Å²) in [7, 11) is 0. The van der Waals surface area contributed by atoms with E-state index in [1.807, 2.05) is 12.1 Å². The molecule has 298 valence electrons. The lowest BCUT2D eigenvalue weighted by molar-refractivity contribution is 0.831. The van der Waals surface area contributed by atoms with E-state index in [2.05, 4.69) is 245 Å². The second kappa shape index (κ2) is 18.8. The molecule has 0 amide bonds. The summed E-state index contributed by atoms with van der Waals surface area (Å²) in [6.07, 6.45) is 12.0. The Morgan fingerprint density at radius 2 is 1.20 bits per heavy atom. The van der Waals surface area contributed by atoms with E-state index in [4.69, 9.17) is 0 Å². The van der Waals surface area contributed by atoms with Crippen molar-refractivity contribution in [1.82, 2.24) is 0 Å². The van der Waals surface area contributed by atoms with Gasteiger partial charge in [0.05, 0.1) is 6.04 Å². The van der Waals surface area contributed by atoms with Gasteiger partial charge >= 0.3 is 0 Å². The van der Waals surface area contributed by atoms with Gasteiger partial charge in [0.15, 0.2) is 0 Å². The fourth-order valence-electron chi connectivity index (χ4n) is 8.39. The summed E-state index contributed by atoms with van der Waals surface area (Å²) < 4.78 is 0. The zero-order valence-electron chi connectivity index (χ0n) is 35.7. The first-order chi connectivity index (χ1) is 29.9. The topological polar surface area (TPSA) is 3.24 Å². The first kappa shape index (κ1) is 40.6. The quantitative estimate of drug-likeness (QED) is 0.152. The van der Waals surface area contributed by atoms with Crippen molar-refractivity contribution in [3.8, 4) is 11.1 Å². The molecule has 1 atom stereocenters. The van der Waals surface area contributed by atoms with Crippen LogP contribution in [0.4, 0.5) is 11.4 Å². The highest BCUT2D eigenvalue weighted by atomic mass is 15.2. The lowest BCUT2D eigenvalue weighted by Crippen LogP contribution is -2.27. The predicted molar refractivity (Wildman–Crippen MR) is 266 cm³/mol. The Morgan fingerprint density at radius 3 is 1.90 bits per heavy atom. The summed E-state index contributed by atoms with van der Waals surface area (Å²) in [5.74, 6) is 0. The van der Waals surface area contributed by atoms with Crippen molar-refractivity contribution < 1.29 is 0 Å². The Labute approximate surface area is 362 Å². The maximum Gasteiger partial charge on any atom is 0.0633 e. The second-order valence-electron chi connectivity index (χ2n) is 16.1. The van der Waals surface area contributed by atoms with Gasteiger partial charge in [-0.15, -0.1) is 0 Å². The molecule has 0 radical (unpaired) electrons. The molecule has 0 saturated heterocycles. The van der Waals surface area contributed by atoms with E-state index in [0.29, 0.717) is 6.04 Å². The molecule has 1 unspecified atom stereocenters. The molecule has 1 aliphatic carbocycles. The molecular formula is C60H53N. The van der Waals surface area contributed by atoms with E-state index in [1.165, 1.54) is 88.6 Å². The monoisotopic (exact) mass is 787 g/mol. The van der Waals surface area contributed by atoms with Crippen LogP contribution in [0.15, 0.2) is 231 Å². The fraction of sp³-hybridized carbons (Fsp3) is 0.100. The highest BCUT2D eigenvalue weighted by Gasteiger charge is 2.37. The predicted octanol–water partition coefficient (Wildman–Crippen LogP) is 16.6. The summed E-state index contributed by atoms with van der Waals surface area (Å²) in [6, 6.07) is 67.2. The first-order valence-corrected chi connectivity index (χ1v) is 21.3. The summed E-state index contributed by atoms with van der Waals surface area (Å²) in [5.41, 5.74) is 16.8. The van der Waals surface area contributed by atoms with Crippen molar-refractivity contribution in [3.05, 3.63) is 258 Å². The average Bonchev–Trinajstić information content (AvgIpc) is 3.65. The van der Waals surface area contributed by atoms with Gasteiger partial charge < -0.3 is 4.90 Å². The third-order valence-corrected chi connectivity index (χ3v) is 11.5. The van der Waals surface area contributed by atoms with Gasteiger partial charge in [-0.1, -0.05) is 206 Å². The molecular weight excluding hydrogens is 735 g/mol. The van der Waals surface area contributed by atoms with Crippen molar-refractivity contribution in [3.63, 3.8) is 0 Å². The van der Waals surface area contributed by atoms with Gasteiger partial charge in [0, 0.05) is 16.9 Å². The van der Waals surface area contributed by atoms with E-state index in [9.17, 15) is 0 Å². The van der Waals surface area contributed by atoms with Gasteiger partial charge in [-0.25, -0.2) is 0 Å². The van der Waals surface area contributed by atoms with Gasteiger partial charge in [-0.2, -0.15) is 0 Å². The summed E-state index contributed by atoms with van der Waals surface area (Å²) >= 11 is 0. The number of fused-ring (bicyclic) bond motifs is 6. The minimum absolute atomic E-state index is 0.336. The smallest absolute Gasteiger partial charge is 0.0633 e. The minimum atomic E-state index is 0.336. The van der Waals surface area contributed by atoms with Crippen LogP contribution in [0.5, 0.6) is 0 Å². The molecule has 0 aromatic heterocycles. The zero-order valence-corrected chi connectivity index (χ0v) is 35.7. The van der Waals surface area contributed by atoms with Crippen LogP contribution in [0.3, 0.4) is 0 Å². The van der Waals surface area contributed by atoms with Gasteiger partial charge in [-0.3, -0.25) is 0 Å². The van der Waals surface area contributed by atoms with E-state index >= 15 is 0 Å². The maximum atomic E-state index is 3.92. The lowest BCUT2D eigenvalue weighted by atomic mass is 9.87. The molecule has 8 aromatic rings. The van der Waals surface area contributed by atoms with Crippen molar-refractivity contribution in [1.29, 1.82) is 0 Å². The molecule has 1 heterocycles. The Bertz CT molecular complexity index is 2910. The molecule has 1 heteroatoms. The van der Waals surface area contributed by atoms with Crippen LogP contribution in [0.25, 0.3) is 49.4 Å². The zero-order chi connectivity index (χ0) is 42.1. The van der Waals surface area contributed by atoms with E-state index in [-0.39, 0.29) is 0 Å². The van der Waals surface area contributed by atoms with E-state index in [0.717, 1.165) is 12.0 Å². The molecule has 2 aliphatic rings. The third-order valence-electron chi connectivity index (χ3n) is 11.5. The van der Waals surface area contributed by atoms with E-state index < -0.39 is 0 Å². The maximum absolute atomic E-state index is 3.92. The van der Waals surface area contributed by atoms with Crippen molar-refractivity contribution in [2.24, 2.45) is 0 Å². The Morgan fingerprint density at radius 1 is 0.574 bits per heavy atom. The van der Waals surface area contributed by atoms with Crippen LogP contribution in [0, 0.1) is 13.8 Å². The summed E-state index contributed by atoms with van der Waals surface area (Å²) in [6.45, 7) is 12.4. The number of anilines is 2. The van der Waals surface area contributed by atoms with Crippen LogP contribution in [0.2, 0.25) is 0 Å². The number of rotatable bonds is 6. The van der Waals surface area contributed by atoms with E-state index in [1.54, 1.807) is 0 Å². The number of para-hydroxylation sites is 1. The molecule has 0 N–H and O–H groups in total. The Kier molecular flexibility index (Phi) is 12.5. The molecule has 10 rings (SSSR count). The molecule has 0 saturated carbocycles. The molecule has 0 spiro atoms. The fourth-order valence-corrected chi connectivity index (χ4v) is 8.39. The van der Waals surface area contributed by atoms with Gasteiger partial charge in [0.2, 0.25) is 0 Å². The summed E-state index contributed by atoms with van der Waals surface area (Å²) in [5, 5.41) is 5.33. The molecule has 61 heavy (non-hydrogen) atoms. The number of aryl methyl sites for hydroxylation is 2. The number of allylic oxidation sites excluding steroid dienone is 7. The Hall–Kier alpha value is -7.22. The van der Waals surface area contributed by atoms with Gasteiger partial charge in [0.1, 0.15) is 0 Å². The van der Waals surface area contributed by atoms with Gasteiger partial charge in [-0.05, 0) is 131 Å². The van der Waals surface area contributed by atoms with Crippen LogP contribution >= 0.6 is 0 Å².